The van der Waals surface area contributed by atoms with Crippen molar-refractivity contribution in [3.05, 3.63) is 11.6 Å². The highest BCUT2D eigenvalue weighted by molar-refractivity contribution is 5.95. The first-order chi connectivity index (χ1) is 5.36. The van der Waals surface area contributed by atoms with Gasteiger partial charge in [0.2, 0.25) is 0 Å². The lowest BCUT2D eigenvalue weighted by Crippen LogP contribution is -2.07. The number of rotatable bonds is 0. The van der Waals surface area contributed by atoms with Gasteiger partial charge in [-0.3, -0.25) is 4.79 Å². The lowest BCUT2D eigenvalue weighted by molar-refractivity contribution is -0.115. The summed E-state index contributed by atoms with van der Waals surface area (Å²) in [6.45, 7) is 0. The zero-order valence-corrected chi connectivity index (χ0v) is 6.81. The van der Waals surface area contributed by atoms with Crippen molar-refractivity contribution in [3.8, 4) is 0 Å². The number of allylic oxidation sites excluding steroid dienone is 2. The highest BCUT2D eigenvalue weighted by atomic mass is 16.1. The Balaban J connectivity index is 2.21. The standard InChI is InChI=1S/C10H14O/c11-10-6-2-4-8-3-1-5-9(10)7-8/h5,8H,1-4,6-7H2. The Bertz CT molecular complexity index is 203. The Kier molecular flexibility index (Phi) is 1.80. The summed E-state index contributed by atoms with van der Waals surface area (Å²) in [4.78, 5) is 11.4. The zero-order chi connectivity index (χ0) is 7.68. The van der Waals surface area contributed by atoms with Gasteiger partial charge in [0.15, 0.2) is 5.78 Å². The molecule has 0 aromatic rings. The van der Waals surface area contributed by atoms with Gasteiger partial charge in [0.05, 0.1) is 0 Å². The Morgan fingerprint density at radius 2 is 2.27 bits per heavy atom. The normalized spacial score (nSPS) is 31.1. The smallest absolute Gasteiger partial charge is 0.158 e. The van der Waals surface area contributed by atoms with Gasteiger partial charge in [0.25, 0.3) is 0 Å². The van der Waals surface area contributed by atoms with Crippen LogP contribution in [0.2, 0.25) is 0 Å². The molecule has 0 spiro atoms. The first-order valence-corrected chi connectivity index (χ1v) is 4.58. The van der Waals surface area contributed by atoms with Gasteiger partial charge in [-0.15, -0.1) is 0 Å². The number of carbonyl (C=O) groups excluding carboxylic acids is 1. The van der Waals surface area contributed by atoms with Crippen LogP contribution in [0.1, 0.15) is 38.5 Å². The second kappa shape index (κ2) is 2.80. The molecule has 2 rings (SSSR count). The van der Waals surface area contributed by atoms with Gasteiger partial charge in [-0.25, -0.2) is 0 Å². The van der Waals surface area contributed by atoms with Crippen molar-refractivity contribution < 1.29 is 4.79 Å². The summed E-state index contributed by atoms with van der Waals surface area (Å²) in [5.41, 5.74) is 1.14. The van der Waals surface area contributed by atoms with E-state index in [1.54, 1.807) is 0 Å². The summed E-state index contributed by atoms with van der Waals surface area (Å²) in [5.74, 6) is 1.26. The minimum absolute atomic E-state index is 0.423. The number of carbonyl (C=O) groups is 1. The van der Waals surface area contributed by atoms with E-state index in [0.717, 1.165) is 37.2 Å². The first-order valence-electron chi connectivity index (χ1n) is 4.58. The van der Waals surface area contributed by atoms with Crippen LogP contribution in [0.25, 0.3) is 0 Å². The zero-order valence-electron chi connectivity index (χ0n) is 6.81. The molecule has 2 bridgehead atoms. The van der Waals surface area contributed by atoms with Crippen molar-refractivity contribution in [2.45, 2.75) is 38.5 Å². The third-order valence-electron chi connectivity index (χ3n) is 2.85. The molecule has 1 unspecified atom stereocenters. The summed E-state index contributed by atoms with van der Waals surface area (Å²) in [5, 5.41) is 0. The Hall–Kier alpha value is -0.590. The predicted octanol–water partition coefficient (Wildman–Crippen LogP) is 2.47. The minimum Gasteiger partial charge on any atom is -0.295 e. The SMILES string of the molecule is O=C1CCCC2CCC=C1C2. The molecular weight excluding hydrogens is 136 g/mol. The average molecular weight is 150 g/mol. The van der Waals surface area contributed by atoms with E-state index >= 15 is 0 Å². The minimum atomic E-state index is 0.423. The molecule has 2 aliphatic carbocycles. The summed E-state index contributed by atoms with van der Waals surface area (Å²) >= 11 is 0. The van der Waals surface area contributed by atoms with E-state index in [1.165, 1.54) is 12.8 Å². The van der Waals surface area contributed by atoms with E-state index in [0.29, 0.717) is 5.78 Å². The molecule has 0 heterocycles. The van der Waals surface area contributed by atoms with Gasteiger partial charge >= 0.3 is 0 Å². The number of fused-ring (bicyclic) bond motifs is 2. The van der Waals surface area contributed by atoms with Gasteiger partial charge in [0.1, 0.15) is 0 Å². The molecule has 60 valence electrons. The van der Waals surface area contributed by atoms with Crippen molar-refractivity contribution in [2.24, 2.45) is 5.92 Å². The monoisotopic (exact) mass is 150 g/mol. The highest BCUT2D eigenvalue weighted by Gasteiger charge is 2.22. The fourth-order valence-corrected chi connectivity index (χ4v) is 2.18. The Labute approximate surface area is 67.5 Å². The molecule has 0 amide bonds. The van der Waals surface area contributed by atoms with Crippen LogP contribution in [0.3, 0.4) is 0 Å². The molecule has 1 fully saturated rings. The Morgan fingerprint density at radius 3 is 3.18 bits per heavy atom. The third kappa shape index (κ3) is 1.37. The van der Waals surface area contributed by atoms with E-state index in [9.17, 15) is 4.79 Å². The Morgan fingerprint density at radius 1 is 1.36 bits per heavy atom. The van der Waals surface area contributed by atoms with Crippen LogP contribution < -0.4 is 0 Å². The number of hydrogen-bond acceptors (Lipinski definition) is 1. The van der Waals surface area contributed by atoms with Crippen LogP contribution in [-0.4, -0.2) is 5.78 Å². The van der Waals surface area contributed by atoms with E-state index in [4.69, 9.17) is 0 Å². The van der Waals surface area contributed by atoms with E-state index in [2.05, 4.69) is 6.08 Å². The second-order valence-corrected chi connectivity index (χ2v) is 3.69. The van der Waals surface area contributed by atoms with E-state index in [1.807, 2.05) is 0 Å². The molecule has 1 heteroatoms. The van der Waals surface area contributed by atoms with Gasteiger partial charge in [0, 0.05) is 6.42 Å². The van der Waals surface area contributed by atoms with E-state index < -0.39 is 0 Å². The molecule has 0 aliphatic heterocycles. The van der Waals surface area contributed by atoms with Crippen molar-refractivity contribution >= 4 is 5.78 Å². The molecule has 1 saturated carbocycles. The maximum Gasteiger partial charge on any atom is 0.158 e. The summed E-state index contributed by atoms with van der Waals surface area (Å²) in [6, 6.07) is 0. The van der Waals surface area contributed by atoms with Crippen LogP contribution in [0.15, 0.2) is 11.6 Å². The van der Waals surface area contributed by atoms with Crippen LogP contribution in [0, 0.1) is 5.92 Å². The second-order valence-electron chi connectivity index (χ2n) is 3.69. The fourth-order valence-electron chi connectivity index (χ4n) is 2.18. The molecule has 1 atom stereocenters. The highest BCUT2D eigenvalue weighted by Crippen LogP contribution is 2.32. The predicted molar refractivity (Wildman–Crippen MR) is 44.3 cm³/mol. The average Bonchev–Trinajstić information content (AvgIpc) is 2.14. The molecule has 2 aliphatic rings. The van der Waals surface area contributed by atoms with Gasteiger partial charge in [-0.05, 0) is 43.6 Å². The topological polar surface area (TPSA) is 17.1 Å². The summed E-state index contributed by atoms with van der Waals surface area (Å²) in [6.07, 6.45) is 8.91. The molecular formula is C10H14O. The quantitative estimate of drug-likeness (QED) is 0.518. The lowest BCUT2D eigenvalue weighted by atomic mass is 9.88. The van der Waals surface area contributed by atoms with Gasteiger partial charge in [-0.2, -0.15) is 0 Å². The molecule has 0 aromatic carbocycles. The fraction of sp³-hybridized carbons (Fsp3) is 0.700. The lowest BCUT2D eigenvalue weighted by Gasteiger charge is -2.17. The molecule has 0 saturated heterocycles. The van der Waals surface area contributed by atoms with Crippen molar-refractivity contribution in [3.63, 3.8) is 0 Å². The third-order valence-corrected chi connectivity index (χ3v) is 2.85. The van der Waals surface area contributed by atoms with Crippen molar-refractivity contribution in [1.82, 2.24) is 0 Å². The van der Waals surface area contributed by atoms with Gasteiger partial charge < -0.3 is 0 Å². The molecule has 0 N–H and O–H groups in total. The van der Waals surface area contributed by atoms with Crippen molar-refractivity contribution in [2.75, 3.05) is 0 Å². The van der Waals surface area contributed by atoms with Crippen LogP contribution in [0.5, 0.6) is 0 Å². The molecule has 0 aromatic heterocycles. The first kappa shape index (κ1) is 7.08. The van der Waals surface area contributed by atoms with Crippen molar-refractivity contribution in [1.29, 1.82) is 0 Å². The number of Topliss-reactive ketones (excluding diaryl/α,β-unsaturated/α-hetero) is 1. The largest absolute Gasteiger partial charge is 0.295 e. The van der Waals surface area contributed by atoms with Gasteiger partial charge in [-0.1, -0.05) is 6.08 Å². The number of ketones is 1. The van der Waals surface area contributed by atoms with Crippen LogP contribution >= 0.6 is 0 Å². The van der Waals surface area contributed by atoms with E-state index in [-0.39, 0.29) is 0 Å². The summed E-state index contributed by atoms with van der Waals surface area (Å²) in [7, 11) is 0. The maximum absolute atomic E-state index is 11.4. The molecule has 1 nitrogen and oxygen atoms in total. The number of hydrogen-bond donors (Lipinski definition) is 0. The summed E-state index contributed by atoms with van der Waals surface area (Å²) < 4.78 is 0. The van der Waals surface area contributed by atoms with Crippen LogP contribution in [0.4, 0.5) is 0 Å². The molecule has 11 heavy (non-hydrogen) atoms. The molecule has 0 radical (unpaired) electrons. The maximum atomic E-state index is 11.4. The van der Waals surface area contributed by atoms with Crippen LogP contribution in [-0.2, 0) is 4.79 Å².